The number of nitrogens with one attached hydrogen (secondary N) is 1. The Balaban J connectivity index is 1.99. The lowest BCUT2D eigenvalue weighted by Crippen LogP contribution is -2.19. The number of nitrogens with two attached hydrogens (primary N) is 1. The highest BCUT2D eigenvalue weighted by atomic mass is 16.4. The summed E-state index contributed by atoms with van der Waals surface area (Å²) in [6.07, 6.45) is 0. The van der Waals surface area contributed by atoms with Gasteiger partial charge in [-0.15, -0.1) is 0 Å². The third-order valence-corrected chi connectivity index (χ3v) is 3.96. The largest absolute Gasteiger partial charge is 0.507 e. The van der Waals surface area contributed by atoms with E-state index in [1.165, 1.54) is 12.1 Å². The number of carbonyl (C=O) groups is 1. The first kappa shape index (κ1) is 17.2. The van der Waals surface area contributed by atoms with Crippen LogP contribution in [0, 0.1) is 6.92 Å². The summed E-state index contributed by atoms with van der Waals surface area (Å²) < 4.78 is 5.26. The number of nitrogen functional groups attached to an aromatic ring is 1. The van der Waals surface area contributed by atoms with Gasteiger partial charge in [0.2, 0.25) is 0 Å². The van der Waals surface area contributed by atoms with Crippen molar-refractivity contribution in [2.75, 3.05) is 5.73 Å². The van der Waals surface area contributed by atoms with Crippen LogP contribution in [0.25, 0.3) is 11.0 Å². The summed E-state index contributed by atoms with van der Waals surface area (Å²) in [5.41, 5.74) is 9.91. The highest BCUT2D eigenvalue weighted by Gasteiger charge is 2.15. The third kappa shape index (κ3) is 3.27. The number of phenols is 1. The number of carbonyl (C=O) groups excluding carboxylic acids is 1. The molecular weight excluding hydrogens is 334 g/mol. The van der Waals surface area contributed by atoms with Crippen molar-refractivity contribution in [2.24, 2.45) is 5.10 Å². The standard InChI is InChI=1S/C19H17N3O4/c1-10-9-16(24)26-18-14(10)7-8-15(23)17(18)11(2)21-22-19(25)12-3-5-13(20)6-4-12/h3-9,23H,20H2,1-2H3,(H,22,25)/b21-11+. The second-order valence-electron chi connectivity index (χ2n) is 5.84. The number of anilines is 1. The summed E-state index contributed by atoms with van der Waals surface area (Å²) in [6, 6.07) is 10.9. The minimum absolute atomic E-state index is 0.103. The minimum atomic E-state index is -0.527. The molecule has 0 aliphatic heterocycles. The predicted molar refractivity (Wildman–Crippen MR) is 99.4 cm³/mol. The van der Waals surface area contributed by atoms with E-state index in [-0.39, 0.29) is 16.9 Å². The molecule has 1 amide bonds. The molecule has 0 fully saturated rings. The Bertz CT molecular complexity index is 1080. The average molecular weight is 351 g/mol. The number of phenolic OH excluding ortho intramolecular Hbond substituents is 1. The van der Waals surface area contributed by atoms with Crippen LogP contribution in [-0.4, -0.2) is 16.7 Å². The molecular formula is C19H17N3O4. The molecule has 0 saturated carbocycles. The molecule has 0 spiro atoms. The van der Waals surface area contributed by atoms with Crippen molar-refractivity contribution in [3.8, 4) is 5.75 Å². The minimum Gasteiger partial charge on any atom is -0.507 e. The van der Waals surface area contributed by atoms with Crippen molar-refractivity contribution in [1.29, 1.82) is 0 Å². The average Bonchev–Trinajstić information content (AvgIpc) is 2.59. The summed E-state index contributed by atoms with van der Waals surface area (Å²) in [6.45, 7) is 3.37. The monoisotopic (exact) mass is 351 g/mol. The van der Waals surface area contributed by atoms with E-state index in [9.17, 15) is 14.7 Å². The van der Waals surface area contributed by atoms with Gasteiger partial charge >= 0.3 is 5.63 Å². The molecule has 0 atom stereocenters. The fourth-order valence-corrected chi connectivity index (χ4v) is 2.61. The number of amides is 1. The summed E-state index contributed by atoms with van der Waals surface area (Å²) in [7, 11) is 0. The van der Waals surface area contributed by atoms with E-state index in [2.05, 4.69) is 10.5 Å². The normalized spacial score (nSPS) is 11.5. The lowest BCUT2D eigenvalue weighted by Gasteiger charge is -2.09. The number of nitrogens with zero attached hydrogens (tertiary/aromatic N) is 1. The van der Waals surface area contributed by atoms with Crippen LogP contribution >= 0.6 is 0 Å². The van der Waals surface area contributed by atoms with Gasteiger partial charge in [0, 0.05) is 22.7 Å². The van der Waals surface area contributed by atoms with E-state index < -0.39 is 11.5 Å². The highest BCUT2D eigenvalue weighted by molar-refractivity contribution is 6.11. The second-order valence-corrected chi connectivity index (χ2v) is 5.84. The molecule has 0 saturated heterocycles. The van der Waals surface area contributed by atoms with Crippen LogP contribution in [0.1, 0.15) is 28.4 Å². The van der Waals surface area contributed by atoms with Crippen LogP contribution in [0.2, 0.25) is 0 Å². The summed E-state index contributed by atoms with van der Waals surface area (Å²) in [4.78, 5) is 23.9. The number of hydrogen-bond donors (Lipinski definition) is 3. The maximum Gasteiger partial charge on any atom is 0.336 e. The molecule has 0 unspecified atom stereocenters. The van der Waals surface area contributed by atoms with Crippen molar-refractivity contribution in [3.05, 3.63) is 69.6 Å². The first-order chi connectivity index (χ1) is 12.4. The number of benzene rings is 2. The van der Waals surface area contributed by atoms with Crippen LogP contribution in [0.5, 0.6) is 5.75 Å². The van der Waals surface area contributed by atoms with Crippen LogP contribution in [0.15, 0.2) is 56.8 Å². The van der Waals surface area contributed by atoms with Gasteiger partial charge in [0.05, 0.1) is 11.3 Å². The van der Waals surface area contributed by atoms with Gasteiger partial charge < -0.3 is 15.3 Å². The van der Waals surface area contributed by atoms with Crippen molar-refractivity contribution >= 4 is 28.3 Å². The SMILES string of the molecule is C/C(=N\NC(=O)c1ccc(N)cc1)c1c(O)ccc2c(C)cc(=O)oc12. The molecule has 7 heteroatoms. The van der Waals surface area contributed by atoms with E-state index in [4.69, 9.17) is 10.2 Å². The number of aromatic hydroxyl groups is 1. The zero-order chi connectivity index (χ0) is 18.8. The first-order valence-corrected chi connectivity index (χ1v) is 7.84. The van der Waals surface area contributed by atoms with Gasteiger partial charge in [-0.25, -0.2) is 10.2 Å². The van der Waals surface area contributed by atoms with Gasteiger partial charge in [-0.05, 0) is 55.8 Å². The molecule has 0 bridgehead atoms. The van der Waals surface area contributed by atoms with Crippen molar-refractivity contribution in [3.63, 3.8) is 0 Å². The number of fused-ring (bicyclic) bond motifs is 1. The van der Waals surface area contributed by atoms with E-state index in [0.717, 1.165) is 5.56 Å². The van der Waals surface area contributed by atoms with Gasteiger partial charge in [0.25, 0.3) is 5.91 Å². The Kier molecular flexibility index (Phi) is 4.45. The van der Waals surface area contributed by atoms with E-state index >= 15 is 0 Å². The lowest BCUT2D eigenvalue weighted by atomic mass is 10.0. The molecule has 3 aromatic rings. The number of rotatable bonds is 3. The van der Waals surface area contributed by atoms with Crippen molar-refractivity contribution in [2.45, 2.75) is 13.8 Å². The summed E-state index contributed by atoms with van der Waals surface area (Å²) in [5.74, 6) is -0.532. The predicted octanol–water partition coefficient (Wildman–Crippen LogP) is 2.54. The fraction of sp³-hybridized carbons (Fsp3) is 0.105. The lowest BCUT2D eigenvalue weighted by molar-refractivity contribution is 0.0955. The molecule has 0 aliphatic carbocycles. The first-order valence-electron chi connectivity index (χ1n) is 7.84. The Hall–Kier alpha value is -3.61. The van der Waals surface area contributed by atoms with E-state index in [0.29, 0.717) is 22.3 Å². The summed E-state index contributed by atoms with van der Waals surface area (Å²) in [5, 5.41) is 14.9. The van der Waals surface area contributed by atoms with Crippen molar-refractivity contribution < 1.29 is 14.3 Å². The zero-order valence-electron chi connectivity index (χ0n) is 14.2. The van der Waals surface area contributed by atoms with Gasteiger partial charge in [-0.3, -0.25) is 4.79 Å². The van der Waals surface area contributed by atoms with Gasteiger partial charge in [0.15, 0.2) is 5.58 Å². The maximum atomic E-state index is 12.2. The maximum absolute atomic E-state index is 12.2. The highest BCUT2D eigenvalue weighted by Crippen LogP contribution is 2.28. The molecule has 0 aliphatic rings. The summed E-state index contributed by atoms with van der Waals surface area (Å²) >= 11 is 0. The molecule has 4 N–H and O–H groups in total. The Morgan fingerprint density at radius 3 is 2.58 bits per heavy atom. The molecule has 132 valence electrons. The number of hydrogen-bond acceptors (Lipinski definition) is 6. The number of hydrazone groups is 1. The Labute approximate surface area is 148 Å². The molecule has 1 aromatic heterocycles. The smallest absolute Gasteiger partial charge is 0.336 e. The Morgan fingerprint density at radius 1 is 1.19 bits per heavy atom. The Morgan fingerprint density at radius 2 is 1.88 bits per heavy atom. The second kappa shape index (κ2) is 6.72. The quantitative estimate of drug-likeness (QED) is 0.290. The van der Waals surface area contributed by atoms with Gasteiger partial charge in [0.1, 0.15) is 5.75 Å². The zero-order valence-corrected chi connectivity index (χ0v) is 14.2. The van der Waals surface area contributed by atoms with E-state index in [1.807, 2.05) is 0 Å². The molecule has 3 rings (SSSR count). The number of aryl methyl sites for hydroxylation is 1. The molecule has 2 aromatic carbocycles. The van der Waals surface area contributed by atoms with Crippen LogP contribution in [-0.2, 0) is 0 Å². The molecule has 7 nitrogen and oxygen atoms in total. The molecule has 1 heterocycles. The molecule has 0 radical (unpaired) electrons. The van der Waals surface area contributed by atoms with Crippen LogP contribution in [0.3, 0.4) is 0 Å². The van der Waals surface area contributed by atoms with E-state index in [1.54, 1.807) is 44.2 Å². The molecule has 26 heavy (non-hydrogen) atoms. The topological polar surface area (TPSA) is 118 Å². The van der Waals surface area contributed by atoms with Crippen molar-refractivity contribution in [1.82, 2.24) is 5.43 Å². The van der Waals surface area contributed by atoms with Crippen LogP contribution < -0.4 is 16.8 Å². The fourth-order valence-electron chi connectivity index (χ4n) is 2.61. The van der Waals surface area contributed by atoms with Gasteiger partial charge in [-0.2, -0.15) is 5.10 Å². The van der Waals surface area contributed by atoms with Gasteiger partial charge in [-0.1, -0.05) is 0 Å². The third-order valence-electron chi connectivity index (χ3n) is 3.96. The van der Waals surface area contributed by atoms with Crippen LogP contribution in [0.4, 0.5) is 5.69 Å².